The number of carbonyl (C=O) groups is 1. The van der Waals surface area contributed by atoms with Gasteiger partial charge in [-0.15, -0.1) is 0 Å². The summed E-state index contributed by atoms with van der Waals surface area (Å²) < 4.78 is 31.5. The predicted octanol–water partition coefficient (Wildman–Crippen LogP) is 5.15. The topological polar surface area (TPSA) is 48.0 Å². The van der Waals surface area contributed by atoms with Gasteiger partial charge in [0.2, 0.25) is 5.78 Å². The number of carbonyl (C=O) groups excluding carboxylic acids is 1. The van der Waals surface area contributed by atoms with Crippen LogP contribution in [0.5, 0.6) is 17.2 Å². The van der Waals surface area contributed by atoms with E-state index in [2.05, 4.69) is 11.0 Å². The lowest BCUT2D eigenvalue weighted by molar-refractivity contribution is 0.0952. The second-order valence-electron chi connectivity index (χ2n) is 8.22. The molecule has 0 saturated carbocycles. The largest absolute Gasteiger partial charge is 0.496 e. The molecule has 0 aromatic heterocycles. The Morgan fingerprint density at radius 2 is 1.91 bits per heavy atom. The zero-order valence-electron chi connectivity index (χ0n) is 18.6. The number of fused-ring (bicyclic) bond motifs is 2. The van der Waals surface area contributed by atoms with Crippen molar-refractivity contribution in [2.75, 3.05) is 20.4 Å². The highest BCUT2D eigenvalue weighted by Gasteiger charge is 2.33. The van der Waals surface area contributed by atoms with E-state index < -0.39 is 5.82 Å². The highest BCUT2D eigenvalue weighted by Crippen LogP contribution is 2.43. The van der Waals surface area contributed by atoms with Crippen molar-refractivity contribution in [3.63, 3.8) is 0 Å². The summed E-state index contributed by atoms with van der Waals surface area (Å²) in [5.41, 5.74) is 3.68. The molecule has 2 aliphatic rings. The van der Waals surface area contributed by atoms with Crippen molar-refractivity contribution < 1.29 is 23.4 Å². The van der Waals surface area contributed by atoms with Crippen LogP contribution in [0.3, 0.4) is 0 Å². The van der Waals surface area contributed by atoms with E-state index in [0.29, 0.717) is 30.2 Å². The maximum absolute atomic E-state index is 14.1. The van der Waals surface area contributed by atoms with E-state index in [1.807, 2.05) is 31.2 Å². The molecule has 0 aliphatic carbocycles. The van der Waals surface area contributed by atoms with Crippen LogP contribution in [0.25, 0.3) is 6.08 Å². The molecule has 2 heterocycles. The SMILES string of the molecule is COc1ccccc1CCN1COc2c(cc3c(c2C)O/C(=C\c2ccccc2F)C3=O)C1. The third-order valence-electron chi connectivity index (χ3n) is 6.08. The molecule has 33 heavy (non-hydrogen) atoms. The molecule has 3 aromatic carbocycles. The summed E-state index contributed by atoms with van der Waals surface area (Å²) in [5.74, 6) is 1.59. The van der Waals surface area contributed by atoms with Gasteiger partial charge in [0.15, 0.2) is 5.76 Å². The Morgan fingerprint density at radius 1 is 1.12 bits per heavy atom. The van der Waals surface area contributed by atoms with E-state index in [0.717, 1.165) is 41.2 Å². The third-order valence-corrected chi connectivity index (χ3v) is 6.08. The van der Waals surface area contributed by atoms with Gasteiger partial charge >= 0.3 is 0 Å². The van der Waals surface area contributed by atoms with Gasteiger partial charge in [-0.2, -0.15) is 0 Å². The standard InChI is InChI=1S/C27H24FNO4/c1-17-26-20(15-29(16-32-26)12-11-18-7-4-6-10-23(18)31-2)13-21-25(30)24(33-27(17)21)14-19-8-3-5-9-22(19)28/h3-10,13-14H,11-12,15-16H2,1-2H3/b24-14-. The lowest BCUT2D eigenvalue weighted by atomic mass is 9.99. The van der Waals surface area contributed by atoms with Crippen LogP contribution < -0.4 is 14.2 Å². The Labute approximate surface area is 192 Å². The molecule has 0 atom stereocenters. The Balaban J connectivity index is 1.37. The lowest BCUT2D eigenvalue weighted by Crippen LogP contribution is -2.34. The number of ether oxygens (including phenoxy) is 3. The lowest BCUT2D eigenvalue weighted by Gasteiger charge is -2.30. The number of hydrogen-bond donors (Lipinski definition) is 0. The van der Waals surface area contributed by atoms with Crippen LogP contribution in [0.1, 0.15) is 32.6 Å². The number of benzene rings is 3. The van der Waals surface area contributed by atoms with Crippen LogP contribution in [0.2, 0.25) is 0 Å². The van der Waals surface area contributed by atoms with Crippen LogP contribution in [0.4, 0.5) is 4.39 Å². The molecule has 0 unspecified atom stereocenters. The van der Waals surface area contributed by atoms with E-state index in [4.69, 9.17) is 14.2 Å². The molecule has 168 valence electrons. The highest BCUT2D eigenvalue weighted by molar-refractivity contribution is 6.15. The molecular formula is C27H24FNO4. The first kappa shape index (κ1) is 21.2. The summed E-state index contributed by atoms with van der Waals surface area (Å²) in [7, 11) is 1.68. The smallest absolute Gasteiger partial charge is 0.231 e. The molecule has 0 saturated heterocycles. The Hall–Kier alpha value is -3.64. The minimum atomic E-state index is -0.401. The van der Waals surface area contributed by atoms with Crippen molar-refractivity contribution in [2.45, 2.75) is 19.9 Å². The Kier molecular flexibility index (Phi) is 5.60. The molecule has 0 radical (unpaired) electrons. The predicted molar refractivity (Wildman–Crippen MR) is 123 cm³/mol. The Bertz CT molecular complexity index is 1270. The average molecular weight is 445 g/mol. The van der Waals surface area contributed by atoms with E-state index in [9.17, 15) is 9.18 Å². The first-order chi connectivity index (χ1) is 16.0. The third kappa shape index (κ3) is 3.98. The average Bonchev–Trinajstić information content (AvgIpc) is 3.15. The van der Waals surface area contributed by atoms with Crippen molar-refractivity contribution in [3.05, 3.63) is 94.0 Å². The molecule has 3 aromatic rings. The second kappa shape index (κ2) is 8.71. The molecule has 0 fully saturated rings. The van der Waals surface area contributed by atoms with Gasteiger partial charge < -0.3 is 14.2 Å². The van der Waals surface area contributed by atoms with Crippen LogP contribution in [-0.2, 0) is 13.0 Å². The van der Waals surface area contributed by atoms with Crippen LogP contribution in [0, 0.1) is 12.7 Å². The highest BCUT2D eigenvalue weighted by atomic mass is 19.1. The number of halogens is 1. The molecule has 2 aliphatic heterocycles. The number of para-hydroxylation sites is 1. The molecule has 5 nitrogen and oxygen atoms in total. The van der Waals surface area contributed by atoms with Gasteiger partial charge in [0.25, 0.3) is 0 Å². The van der Waals surface area contributed by atoms with Gasteiger partial charge in [0.05, 0.1) is 12.7 Å². The molecular weight excluding hydrogens is 421 g/mol. The summed E-state index contributed by atoms with van der Waals surface area (Å²) in [6.45, 7) is 3.80. The number of hydrogen-bond acceptors (Lipinski definition) is 5. The van der Waals surface area contributed by atoms with Gasteiger partial charge in [-0.25, -0.2) is 4.39 Å². The fraction of sp³-hybridized carbons (Fsp3) is 0.222. The van der Waals surface area contributed by atoms with Gasteiger partial charge in [-0.3, -0.25) is 9.69 Å². The zero-order chi connectivity index (χ0) is 22.9. The monoisotopic (exact) mass is 445 g/mol. The summed E-state index contributed by atoms with van der Waals surface area (Å²) in [4.78, 5) is 15.2. The first-order valence-corrected chi connectivity index (χ1v) is 10.9. The number of methoxy groups -OCH3 is 1. The minimum Gasteiger partial charge on any atom is -0.496 e. The molecule has 0 bridgehead atoms. The van der Waals surface area contributed by atoms with Gasteiger partial charge in [-0.05, 0) is 43.2 Å². The molecule has 6 heteroatoms. The van der Waals surface area contributed by atoms with Gasteiger partial charge in [0, 0.05) is 29.8 Å². The van der Waals surface area contributed by atoms with Crippen LogP contribution in [-0.4, -0.2) is 31.1 Å². The maximum Gasteiger partial charge on any atom is 0.231 e. The van der Waals surface area contributed by atoms with E-state index in [1.165, 1.54) is 12.1 Å². The van der Waals surface area contributed by atoms with Gasteiger partial charge in [-0.1, -0.05) is 36.4 Å². The van der Waals surface area contributed by atoms with Crippen molar-refractivity contribution in [1.29, 1.82) is 0 Å². The number of Topliss-reactive ketones (excluding diaryl/α,β-unsaturated/α-hetero) is 1. The van der Waals surface area contributed by atoms with Gasteiger partial charge in [0.1, 0.15) is 29.8 Å². The summed E-state index contributed by atoms with van der Waals surface area (Å²) in [6, 6.07) is 16.1. The maximum atomic E-state index is 14.1. The normalized spacial score (nSPS) is 16.2. The number of nitrogens with zero attached hydrogens (tertiary/aromatic N) is 1. The van der Waals surface area contributed by atoms with Crippen LogP contribution >= 0.6 is 0 Å². The Morgan fingerprint density at radius 3 is 2.73 bits per heavy atom. The number of ketones is 1. The summed E-state index contributed by atoms with van der Waals surface area (Å²) in [6.07, 6.45) is 2.28. The molecule has 0 amide bonds. The van der Waals surface area contributed by atoms with Crippen molar-refractivity contribution in [3.8, 4) is 17.2 Å². The molecule has 0 N–H and O–H groups in total. The van der Waals surface area contributed by atoms with E-state index in [1.54, 1.807) is 25.3 Å². The number of rotatable bonds is 5. The fourth-order valence-corrected chi connectivity index (χ4v) is 4.36. The van der Waals surface area contributed by atoms with E-state index in [-0.39, 0.29) is 11.5 Å². The van der Waals surface area contributed by atoms with Crippen LogP contribution in [0.15, 0.2) is 60.4 Å². The number of allylic oxidation sites excluding steroid dienone is 1. The van der Waals surface area contributed by atoms with Crippen molar-refractivity contribution >= 4 is 11.9 Å². The minimum absolute atomic E-state index is 0.119. The fourth-order valence-electron chi connectivity index (χ4n) is 4.36. The van der Waals surface area contributed by atoms with Crippen molar-refractivity contribution in [1.82, 2.24) is 4.90 Å². The summed E-state index contributed by atoms with van der Waals surface area (Å²) in [5, 5.41) is 0. The molecule has 5 rings (SSSR count). The first-order valence-electron chi connectivity index (χ1n) is 10.9. The second-order valence-corrected chi connectivity index (χ2v) is 8.22. The quantitative estimate of drug-likeness (QED) is 0.508. The molecule has 0 spiro atoms. The van der Waals surface area contributed by atoms with E-state index >= 15 is 0 Å². The van der Waals surface area contributed by atoms with Crippen molar-refractivity contribution in [2.24, 2.45) is 0 Å². The summed E-state index contributed by atoms with van der Waals surface area (Å²) >= 11 is 0. The zero-order valence-corrected chi connectivity index (χ0v) is 18.6.